The lowest BCUT2D eigenvalue weighted by Gasteiger charge is -2.27. The third-order valence-electron chi connectivity index (χ3n) is 4.98. The van der Waals surface area contributed by atoms with Crippen molar-refractivity contribution in [2.24, 2.45) is 0 Å². The second-order valence-electron chi connectivity index (χ2n) is 7.19. The van der Waals surface area contributed by atoms with Crippen LogP contribution < -0.4 is 5.32 Å². The fourth-order valence-electron chi connectivity index (χ4n) is 3.38. The molecule has 1 heterocycles. The minimum atomic E-state index is -4.08. The van der Waals surface area contributed by atoms with E-state index in [0.717, 1.165) is 39.5 Å². The highest BCUT2D eigenvalue weighted by atomic mass is 32.2. The molecule has 2 amide bonds. The fourth-order valence-corrected chi connectivity index (χ4v) is 5.03. The first-order valence-electron chi connectivity index (χ1n) is 9.48. The monoisotopic (exact) mass is 473 g/mol. The van der Waals surface area contributed by atoms with Crippen LogP contribution in [0.3, 0.4) is 0 Å². The average Bonchev–Trinajstić information content (AvgIpc) is 3.24. The minimum Gasteiger partial charge on any atom is -0.335 e. The number of nitrogens with zero attached hydrogens (tertiary/aromatic N) is 2. The molecule has 1 unspecified atom stereocenters. The van der Waals surface area contributed by atoms with Crippen LogP contribution in [0.15, 0.2) is 41.3 Å². The lowest BCUT2D eigenvalue weighted by Crippen LogP contribution is -2.48. The van der Waals surface area contributed by atoms with Crippen LogP contribution in [0.25, 0.3) is 0 Å². The van der Waals surface area contributed by atoms with Crippen LogP contribution in [0.4, 0.5) is 23.2 Å². The van der Waals surface area contributed by atoms with E-state index in [9.17, 15) is 35.6 Å². The highest BCUT2D eigenvalue weighted by Gasteiger charge is 2.40. The Balaban J connectivity index is 1.70. The molecule has 0 bridgehead atoms. The average molecular weight is 473 g/mol. The predicted octanol–water partition coefficient (Wildman–Crippen LogP) is 2.49. The van der Waals surface area contributed by atoms with E-state index >= 15 is 0 Å². The number of hydrogen-bond acceptors (Lipinski definition) is 4. The maximum Gasteiger partial charge on any atom is 0.244 e. The summed E-state index contributed by atoms with van der Waals surface area (Å²) in [6, 6.07) is 4.57. The number of halogens is 4. The van der Waals surface area contributed by atoms with E-state index in [2.05, 4.69) is 0 Å². The Bertz CT molecular complexity index is 1140. The predicted molar refractivity (Wildman–Crippen MR) is 106 cm³/mol. The maximum absolute atomic E-state index is 13.7. The lowest BCUT2D eigenvalue weighted by molar-refractivity contribution is -0.136. The van der Waals surface area contributed by atoms with Gasteiger partial charge in [-0.05, 0) is 49.2 Å². The first-order chi connectivity index (χ1) is 15.0. The highest BCUT2D eigenvalue weighted by Crippen LogP contribution is 2.27. The van der Waals surface area contributed by atoms with E-state index in [-0.39, 0.29) is 17.9 Å². The van der Waals surface area contributed by atoms with Gasteiger partial charge in [-0.1, -0.05) is 0 Å². The number of benzene rings is 2. The van der Waals surface area contributed by atoms with Crippen LogP contribution in [-0.2, 0) is 19.6 Å². The highest BCUT2D eigenvalue weighted by molar-refractivity contribution is 7.89. The molecule has 1 atom stereocenters. The number of anilines is 1. The topological polar surface area (TPSA) is 86.8 Å². The smallest absolute Gasteiger partial charge is 0.244 e. The summed E-state index contributed by atoms with van der Waals surface area (Å²) in [5.41, 5.74) is -0.601. The molecule has 1 N–H and O–H groups in total. The van der Waals surface area contributed by atoms with Gasteiger partial charge in [0.2, 0.25) is 21.8 Å². The summed E-state index contributed by atoms with van der Waals surface area (Å²) in [4.78, 5) is 25.8. The van der Waals surface area contributed by atoms with E-state index in [1.807, 2.05) is 5.32 Å². The van der Waals surface area contributed by atoms with Crippen molar-refractivity contribution in [3.05, 3.63) is 59.7 Å². The third kappa shape index (κ3) is 4.75. The summed E-state index contributed by atoms with van der Waals surface area (Å²) < 4.78 is 79.9. The van der Waals surface area contributed by atoms with Crippen LogP contribution in [0, 0.1) is 23.3 Å². The molecule has 0 radical (unpaired) electrons. The van der Waals surface area contributed by atoms with Crippen molar-refractivity contribution in [3.8, 4) is 0 Å². The van der Waals surface area contributed by atoms with Crippen molar-refractivity contribution in [2.75, 3.05) is 25.5 Å². The van der Waals surface area contributed by atoms with Crippen molar-refractivity contribution in [3.63, 3.8) is 0 Å². The van der Waals surface area contributed by atoms with Crippen molar-refractivity contribution in [1.29, 1.82) is 0 Å². The number of carbonyl (C=O) groups excluding carboxylic acids is 2. The van der Waals surface area contributed by atoms with Crippen LogP contribution in [0.5, 0.6) is 0 Å². The number of carbonyl (C=O) groups is 2. The molecule has 2 aromatic carbocycles. The minimum absolute atomic E-state index is 0.0657. The Morgan fingerprint density at radius 3 is 2.38 bits per heavy atom. The zero-order valence-electron chi connectivity index (χ0n) is 16.8. The van der Waals surface area contributed by atoms with E-state index in [4.69, 9.17) is 0 Å². The van der Waals surface area contributed by atoms with Gasteiger partial charge in [0, 0.05) is 13.6 Å². The van der Waals surface area contributed by atoms with E-state index in [1.54, 1.807) is 0 Å². The van der Waals surface area contributed by atoms with Gasteiger partial charge in [0.15, 0.2) is 17.5 Å². The van der Waals surface area contributed by atoms with E-state index < -0.39 is 63.4 Å². The van der Waals surface area contributed by atoms with E-state index in [0.29, 0.717) is 12.5 Å². The Kier molecular flexibility index (Phi) is 6.84. The van der Waals surface area contributed by atoms with Crippen molar-refractivity contribution < 1.29 is 35.6 Å². The molecular formula is C20H19F4N3O4S. The number of rotatable bonds is 6. The van der Waals surface area contributed by atoms with Crippen molar-refractivity contribution >= 4 is 27.5 Å². The first kappa shape index (κ1) is 23.7. The fraction of sp³-hybridized carbons (Fsp3) is 0.300. The van der Waals surface area contributed by atoms with Gasteiger partial charge in [0.25, 0.3) is 0 Å². The molecular weight excluding hydrogens is 454 g/mol. The molecule has 32 heavy (non-hydrogen) atoms. The zero-order valence-corrected chi connectivity index (χ0v) is 17.6. The first-order valence-corrected chi connectivity index (χ1v) is 10.9. The lowest BCUT2D eigenvalue weighted by atomic mass is 10.2. The van der Waals surface area contributed by atoms with Gasteiger partial charge in [-0.3, -0.25) is 9.59 Å². The van der Waals surface area contributed by atoms with Crippen LogP contribution in [-0.4, -0.2) is 55.6 Å². The molecule has 0 saturated carbocycles. The standard InChI is InChI=1S/C20H19F4N3O4S/c1-26(11-17(28)25-15-9-8-14(22)18(23)19(15)24)20(29)16-3-2-10-27(16)32(30,31)13-6-4-12(21)5-7-13/h4-9,16H,2-3,10-11H2,1H3,(H,25,28). The summed E-state index contributed by atoms with van der Waals surface area (Å²) >= 11 is 0. The SMILES string of the molecule is CN(CC(=O)Nc1ccc(F)c(F)c1F)C(=O)C1CCCN1S(=O)(=O)c1ccc(F)cc1. The molecule has 0 aliphatic carbocycles. The number of nitrogens with one attached hydrogen (secondary N) is 1. The Hall–Kier alpha value is -2.99. The van der Waals surface area contributed by atoms with Gasteiger partial charge in [0.05, 0.1) is 17.1 Å². The maximum atomic E-state index is 13.7. The molecule has 0 aromatic heterocycles. The van der Waals surface area contributed by atoms with Crippen molar-refractivity contribution in [1.82, 2.24) is 9.21 Å². The van der Waals surface area contributed by atoms with Crippen molar-refractivity contribution in [2.45, 2.75) is 23.8 Å². The quantitative estimate of drug-likeness (QED) is 0.516. The summed E-state index contributed by atoms with van der Waals surface area (Å²) in [7, 11) is -2.83. The third-order valence-corrected chi connectivity index (χ3v) is 6.90. The van der Waals surface area contributed by atoms with Gasteiger partial charge >= 0.3 is 0 Å². The van der Waals surface area contributed by atoms with Crippen LogP contribution in [0.1, 0.15) is 12.8 Å². The number of sulfonamides is 1. The van der Waals surface area contributed by atoms with Crippen LogP contribution in [0.2, 0.25) is 0 Å². The van der Waals surface area contributed by atoms with Gasteiger partial charge < -0.3 is 10.2 Å². The molecule has 0 spiro atoms. The molecule has 172 valence electrons. The largest absolute Gasteiger partial charge is 0.335 e. The zero-order chi connectivity index (χ0) is 23.6. The van der Waals surface area contributed by atoms with Gasteiger partial charge in [0.1, 0.15) is 11.9 Å². The summed E-state index contributed by atoms with van der Waals surface area (Å²) in [6.45, 7) is -0.519. The normalized spacial score (nSPS) is 16.7. The molecule has 1 fully saturated rings. The van der Waals surface area contributed by atoms with Gasteiger partial charge in [-0.15, -0.1) is 0 Å². The molecule has 1 aliphatic heterocycles. The van der Waals surface area contributed by atoms with Crippen LogP contribution >= 0.6 is 0 Å². The Morgan fingerprint density at radius 2 is 1.72 bits per heavy atom. The Labute approximate surface area is 181 Å². The molecule has 1 aliphatic rings. The molecule has 3 rings (SSSR count). The molecule has 12 heteroatoms. The number of amides is 2. The molecule has 2 aromatic rings. The number of likely N-dealkylation sites (N-methyl/N-ethyl adjacent to an activating group) is 1. The molecule has 7 nitrogen and oxygen atoms in total. The Morgan fingerprint density at radius 1 is 1.06 bits per heavy atom. The second kappa shape index (κ2) is 9.25. The van der Waals surface area contributed by atoms with Gasteiger partial charge in [-0.2, -0.15) is 4.31 Å². The van der Waals surface area contributed by atoms with E-state index in [1.165, 1.54) is 7.05 Å². The summed E-state index contributed by atoms with van der Waals surface area (Å²) in [5, 5.41) is 2.05. The summed E-state index contributed by atoms with van der Waals surface area (Å²) in [5.74, 6) is -6.93. The second-order valence-corrected chi connectivity index (χ2v) is 9.08. The summed E-state index contributed by atoms with van der Waals surface area (Å²) in [6.07, 6.45) is 0.611. The van der Waals surface area contributed by atoms with Gasteiger partial charge in [-0.25, -0.2) is 26.0 Å². The number of hydrogen-bond donors (Lipinski definition) is 1. The molecule has 1 saturated heterocycles.